The number of nitrogens with two attached hydrogens (primary N) is 1. The third-order valence-corrected chi connectivity index (χ3v) is 2.59. The maximum atomic E-state index is 12.4. The lowest BCUT2D eigenvalue weighted by Crippen LogP contribution is -2.46. The lowest BCUT2D eigenvalue weighted by molar-refractivity contribution is -0.144. The van der Waals surface area contributed by atoms with E-state index >= 15 is 0 Å². The Balaban J connectivity index is 3.06. The van der Waals surface area contributed by atoms with Crippen LogP contribution in [0.1, 0.15) is 11.6 Å². The minimum absolute atomic E-state index is 0.186. The predicted molar refractivity (Wildman–Crippen MR) is 75.0 cm³/mol. The van der Waals surface area contributed by atoms with Crippen molar-refractivity contribution in [2.45, 2.75) is 6.04 Å². The molecule has 3 amide bonds. The molecular formula is C14H15N3O4. The molecule has 0 aliphatic heterocycles. The van der Waals surface area contributed by atoms with E-state index in [1.807, 2.05) is 0 Å². The Morgan fingerprint density at radius 3 is 2.43 bits per heavy atom. The van der Waals surface area contributed by atoms with Gasteiger partial charge in [0.25, 0.3) is 5.91 Å². The van der Waals surface area contributed by atoms with Crippen LogP contribution in [-0.2, 0) is 9.59 Å². The van der Waals surface area contributed by atoms with E-state index in [9.17, 15) is 14.4 Å². The fraction of sp³-hybridized carbons (Fsp3) is 0.214. The number of hydrogen-bond acceptors (Lipinski definition) is 3. The molecule has 1 atom stereocenters. The lowest BCUT2D eigenvalue weighted by atomic mass is 10.1. The first-order valence-electron chi connectivity index (χ1n) is 6.00. The minimum Gasteiger partial charge on any atom is -0.480 e. The van der Waals surface area contributed by atoms with Crippen LogP contribution in [-0.4, -0.2) is 41.0 Å². The van der Waals surface area contributed by atoms with Gasteiger partial charge in [-0.15, -0.1) is 6.42 Å². The number of aliphatic carboxylic acids is 1. The average molecular weight is 289 g/mol. The number of nitrogens with zero attached hydrogens (tertiary/aromatic N) is 1. The Labute approximate surface area is 121 Å². The molecule has 7 nitrogen and oxygen atoms in total. The van der Waals surface area contributed by atoms with Crippen molar-refractivity contribution in [2.24, 2.45) is 5.73 Å². The second-order valence-corrected chi connectivity index (χ2v) is 4.14. The summed E-state index contributed by atoms with van der Waals surface area (Å²) in [5, 5.41) is 11.1. The summed E-state index contributed by atoms with van der Waals surface area (Å²) < 4.78 is 0. The topological polar surface area (TPSA) is 113 Å². The van der Waals surface area contributed by atoms with Crippen LogP contribution in [0, 0.1) is 12.3 Å². The van der Waals surface area contributed by atoms with Crippen molar-refractivity contribution >= 4 is 17.9 Å². The van der Waals surface area contributed by atoms with Crippen molar-refractivity contribution in [1.82, 2.24) is 10.2 Å². The van der Waals surface area contributed by atoms with E-state index in [0.717, 1.165) is 4.90 Å². The maximum absolute atomic E-state index is 12.4. The smallest absolute Gasteiger partial charge is 0.323 e. The van der Waals surface area contributed by atoms with Gasteiger partial charge in [-0.25, -0.2) is 4.79 Å². The standard InChI is InChI=1S/C14H15N3O4/c1-2-8-17(9-11(18)19)13(20)12(16-14(15)21)10-6-4-3-5-7-10/h1,3-7,12H,8-9H2,(H,18,19)(H3,15,16,21). The average Bonchev–Trinajstić information content (AvgIpc) is 2.44. The number of nitrogens with one attached hydrogen (secondary N) is 1. The first kappa shape index (κ1) is 16.0. The lowest BCUT2D eigenvalue weighted by Gasteiger charge is -2.25. The number of amides is 3. The molecule has 0 heterocycles. The van der Waals surface area contributed by atoms with Crippen LogP contribution < -0.4 is 11.1 Å². The monoisotopic (exact) mass is 289 g/mol. The van der Waals surface area contributed by atoms with Gasteiger partial charge in [-0.1, -0.05) is 36.3 Å². The Morgan fingerprint density at radius 1 is 1.33 bits per heavy atom. The number of carbonyl (C=O) groups is 3. The number of rotatable bonds is 6. The summed E-state index contributed by atoms with van der Waals surface area (Å²) in [7, 11) is 0. The van der Waals surface area contributed by atoms with Gasteiger partial charge in [-0.3, -0.25) is 9.59 Å². The quantitative estimate of drug-likeness (QED) is 0.637. The first-order valence-corrected chi connectivity index (χ1v) is 6.00. The highest BCUT2D eigenvalue weighted by Gasteiger charge is 2.27. The van der Waals surface area contributed by atoms with Gasteiger partial charge < -0.3 is 21.1 Å². The molecule has 0 bridgehead atoms. The molecule has 1 rings (SSSR count). The number of carbonyl (C=O) groups excluding carboxylic acids is 2. The number of urea groups is 1. The van der Waals surface area contributed by atoms with Crippen molar-refractivity contribution < 1.29 is 19.5 Å². The van der Waals surface area contributed by atoms with Crippen LogP contribution in [0.15, 0.2) is 30.3 Å². The first-order chi connectivity index (χ1) is 9.95. The fourth-order valence-electron chi connectivity index (χ4n) is 1.74. The van der Waals surface area contributed by atoms with Gasteiger partial charge in [-0.05, 0) is 5.56 Å². The summed E-state index contributed by atoms with van der Waals surface area (Å²) in [5.41, 5.74) is 5.55. The third-order valence-electron chi connectivity index (χ3n) is 2.59. The van der Waals surface area contributed by atoms with Crippen molar-refractivity contribution in [3.63, 3.8) is 0 Å². The molecule has 110 valence electrons. The van der Waals surface area contributed by atoms with E-state index < -0.39 is 30.5 Å². The van der Waals surface area contributed by atoms with Crippen LogP contribution in [0.3, 0.4) is 0 Å². The molecule has 1 aromatic rings. The number of terminal acetylenes is 1. The van der Waals surface area contributed by atoms with Gasteiger partial charge in [0.15, 0.2) is 0 Å². The SMILES string of the molecule is C#CCN(CC(=O)O)C(=O)C(NC(N)=O)c1ccccc1. The molecule has 0 radical (unpaired) electrons. The second kappa shape index (κ2) is 7.55. The van der Waals surface area contributed by atoms with E-state index in [2.05, 4.69) is 11.2 Å². The van der Waals surface area contributed by atoms with Gasteiger partial charge in [0.1, 0.15) is 12.6 Å². The molecule has 0 aliphatic carbocycles. The van der Waals surface area contributed by atoms with Gasteiger partial charge in [0.05, 0.1) is 6.54 Å². The molecule has 21 heavy (non-hydrogen) atoms. The zero-order valence-electron chi connectivity index (χ0n) is 11.2. The molecule has 0 saturated heterocycles. The Kier molecular flexibility index (Phi) is 5.77. The summed E-state index contributed by atoms with van der Waals surface area (Å²) in [6.45, 7) is -0.748. The number of hydrogen-bond donors (Lipinski definition) is 3. The van der Waals surface area contributed by atoms with E-state index in [-0.39, 0.29) is 6.54 Å². The van der Waals surface area contributed by atoms with E-state index in [1.54, 1.807) is 30.3 Å². The molecule has 4 N–H and O–H groups in total. The van der Waals surface area contributed by atoms with Gasteiger partial charge in [0.2, 0.25) is 0 Å². The highest BCUT2D eigenvalue weighted by atomic mass is 16.4. The van der Waals surface area contributed by atoms with Gasteiger partial charge in [0, 0.05) is 0 Å². The van der Waals surface area contributed by atoms with Crippen LogP contribution in [0.2, 0.25) is 0 Å². The molecule has 1 aromatic carbocycles. The minimum atomic E-state index is -1.20. The maximum Gasteiger partial charge on any atom is 0.323 e. The number of carboxylic acid groups (broad SMARTS) is 1. The molecule has 0 aliphatic rings. The van der Waals surface area contributed by atoms with Gasteiger partial charge >= 0.3 is 12.0 Å². The van der Waals surface area contributed by atoms with Crippen molar-refractivity contribution in [3.8, 4) is 12.3 Å². The Hall–Kier alpha value is -3.01. The predicted octanol–water partition coefficient (Wildman–Crippen LogP) is -0.0576. The normalized spacial score (nSPS) is 11.0. The van der Waals surface area contributed by atoms with E-state index in [0.29, 0.717) is 5.56 Å². The zero-order chi connectivity index (χ0) is 15.8. The highest BCUT2D eigenvalue weighted by Crippen LogP contribution is 2.15. The summed E-state index contributed by atoms with van der Waals surface area (Å²) in [6, 6.07) is 6.36. The highest BCUT2D eigenvalue weighted by molar-refractivity contribution is 5.89. The second-order valence-electron chi connectivity index (χ2n) is 4.14. The number of carboxylic acids is 1. The summed E-state index contributed by atoms with van der Waals surface area (Å²) in [6.07, 6.45) is 5.13. The molecule has 1 unspecified atom stereocenters. The van der Waals surface area contributed by atoms with E-state index in [4.69, 9.17) is 17.3 Å². The molecule has 0 aromatic heterocycles. The van der Waals surface area contributed by atoms with Crippen molar-refractivity contribution in [2.75, 3.05) is 13.1 Å². The fourth-order valence-corrected chi connectivity index (χ4v) is 1.74. The summed E-state index contributed by atoms with van der Waals surface area (Å²) in [4.78, 5) is 35.2. The summed E-state index contributed by atoms with van der Waals surface area (Å²) >= 11 is 0. The molecular weight excluding hydrogens is 274 g/mol. The van der Waals surface area contributed by atoms with Crippen molar-refractivity contribution in [3.05, 3.63) is 35.9 Å². The molecule has 0 fully saturated rings. The zero-order valence-corrected chi connectivity index (χ0v) is 11.2. The van der Waals surface area contributed by atoms with E-state index in [1.165, 1.54) is 0 Å². The van der Waals surface area contributed by atoms with Crippen molar-refractivity contribution in [1.29, 1.82) is 0 Å². The Morgan fingerprint density at radius 2 is 1.95 bits per heavy atom. The number of primary amides is 1. The summed E-state index contributed by atoms with van der Waals surface area (Å²) in [5.74, 6) is 0.369. The Bertz CT molecular complexity index is 565. The molecule has 0 spiro atoms. The van der Waals surface area contributed by atoms with Gasteiger partial charge in [-0.2, -0.15) is 0 Å². The van der Waals surface area contributed by atoms with Crippen LogP contribution >= 0.6 is 0 Å². The number of benzene rings is 1. The molecule has 0 saturated carbocycles. The third kappa shape index (κ3) is 4.87. The van der Waals surface area contributed by atoms with Crippen LogP contribution in [0.5, 0.6) is 0 Å². The largest absolute Gasteiger partial charge is 0.480 e. The van der Waals surface area contributed by atoms with Crippen LogP contribution in [0.25, 0.3) is 0 Å². The molecule has 7 heteroatoms. The van der Waals surface area contributed by atoms with Crippen LogP contribution in [0.4, 0.5) is 4.79 Å².